The molecule has 6 atom stereocenters. The van der Waals surface area contributed by atoms with Gasteiger partial charge in [0, 0.05) is 18.3 Å². The monoisotopic (exact) mass is 302 g/mol. The minimum Gasteiger partial charge on any atom is -0.393 e. The van der Waals surface area contributed by atoms with Gasteiger partial charge in [-0.2, -0.15) is 0 Å². The van der Waals surface area contributed by atoms with E-state index in [0.717, 1.165) is 25.7 Å². The molecule has 0 radical (unpaired) electrons. The zero-order valence-corrected chi connectivity index (χ0v) is 13.6. The molecule has 3 nitrogen and oxygen atoms in total. The first kappa shape index (κ1) is 14.6. The second-order valence-electron chi connectivity index (χ2n) is 8.54. The van der Waals surface area contributed by atoms with Gasteiger partial charge in [0.05, 0.1) is 6.10 Å². The molecule has 0 aromatic rings. The van der Waals surface area contributed by atoms with Crippen LogP contribution < -0.4 is 0 Å². The smallest absolute Gasteiger partial charge is 0.155 e. The number of allylic oxidation sites excluding steroid dienone is 1. The molecule has 0 aromatic carbocycles. The summed E-state index contributed by atoms with van der Waals surface area (Å²) in [5, 5.41) is 10.9. The molecule has 0 spiro atoms. The zero-order valence-electron chi connectivity index (χ0n) is 13.6. The summed E-state index contributed by atoms with van der Waals surface area (Å²) >= 11 is 0. The number of fused-ring (bicyclic) bond motifs is 5. The Morgan fingerprint density at radius 2 is 1.86 bits per heavy atom. The molecule has 3 fully saturated rings. The van der Waals surface area contributed by atoms with Crippen molar-refractivity contribution in [2.75, 3.05) is 0 Å². The first-order chi connectivity index (χ1) is 10.4. The maximum absolute atomic E-state index is 12.4. The topological polar surface area (TPSA) is 54.4 Å². The third-order valence-electron chi connectivity index (χ3n) is 7.61. The number of ketones is 2. The Morgan fingerprint density at radius 1 is 1.09 bits per heavy atom. The standard InChI is InChI=1S/C19H26O3/c1-18-8-7-12(20)9-11(18)3-4-13-14-5-6-16(22)19(14,2)10-15(21)17(13)18/h9,13-15,17,21H,3-8,10H2,1-2H3/t13-,14?,15+,17?,18-,19-/m0/s1. The van der Waals surface area contributed by atoms with Crippen LogP contribution in [-0.4, -0.2) is 22.8 Å². The van der Waals surface area contributed by atoms with Crippen LogP contribution in [-0.2, 0) is 9.59 Å². The molecule has 3 heteroatoms. The summed E-state index contributed by atoms with van der Waals surface area (Å²) in [4.78, 5) is 24.2. The second-order valence-corrected chi connectivity index (χ2v) is 8.54. The highest BCUT2D eigenvalue weighted by molar-refractivity contribution is 5.91. The van der Waals surface area contributed by atoms with Crippen molar-refractivity contribution in [3.8, 4) is 0 Å². The average Bonchev–Trinajstić information content (AvgIpc) is 2.75. The van der Waals surface area contributed by atoms with Gasteiger partial charge in [0.2, 0.25) is 0 Å². The average molecular weight is 302 g/mol. The fraction of sp³-hybridized carbons (Fsp3) is 0.789. The lowest BCUT2D eigenvalue weighted by Gasteiger charge is -2.58. The van der Waals surface area contributed by atoms with E-state index in [1.54, 1.807) is 0 Å². The lowest BCUT2D eigenvalue weighted by Crippen LogP contribution is -2.56. The molecule has 4 aliphatic rings. The second kappa shape index (κ2) is 4.53. The Balaban J connectivity index is 1.75. The molecular formula is C19H26O3. The van der Waals surface area contributed by atoms with Crippen LogP contribution in [0.5, 0.6) is 0 Å². The van der Waals surface area contributed by atoms with Crippen molar-refractivity contribution in [1.82, 2.24) is 0 Å². The Hall–Kier alpha value is -0.960. The minimum absolute atomic E-state index is 0.0385. The number of carbonyl (C=O) groups is 2. The molecule has 4 aliphatic carbocycles. The Morgan fingerprint density at radius 3 is 2.64 bits per heavy atom. The van der Waals surface area contributed by atoms with Gasteiger partial charge in [0.15, 0.2) is 5.78 Å². The molecule has 0 heterocycles. The van der Waals surface area contributed by atoms with E-state index in [0.29, 0.717) is 36.9 Å². The van der Waals surface area contributed by atoms with Crippen LogP contribution in [0.2, 0.25) is 0 Å². The Kier molecular flexibility index (Phi) is 3.01. The number of rotatable bonds is 0. The van der Waals surface area contributed by atoms with Crippen molar-refractivity contribution in [2.45, 2.75) is 64.9 Å². The summed E-state index contributed by atoms with van der Waals surface area (Å²) in [6.45, 7) is 4.34. The maximum atomic E-state index is 12.4. The van der Waals surface area contributed by atoms with Gasteiger partial charge in [-0.25, -0.2) is 0 Å². The van der Waals surface area contributed by atoms with Crippen LogP contribution in [0.25, 0.3) is 0 Å². The van der Waals surface area contributed by atoms with Crippen LogP contribution in [0, 0.1) is 28.6 Å². The van der Waals surface area contributed by atoms with Gasteiger partial charge in [-0.15, -0.1) is 0 Å². The minimum atomic E-state index is -0.407. The molecule has 3 saturated carbocycles. The Bertz CT molecular complexity index is 577. The van der Waals surface area contributed by atoms with Gasteiger partial charge in [-0.05, 0) is 61.3 Å². The molecule has 0 aromatic heterocycles. The molecule has 0 saturated heterocycles. The number of hydrogen-bond acceptors (Lipinski definition) is 3. The summed E-state index contributed by atoms with van der Waals surface area (Å²) in [5.41, 5.74) is 0.920. The van der Waals surface area contributed by atoms with Gasteiger partial charge < -0.3 is 5.11 Å². The summed E-state index contributed by atoms with van der Waals surface area (Å²) in [5.74, 6) is 1.71. The fourth-order valence-corrected chi connectivity index (χ4v) is 6.46. The quantitative estimate of drug-likeness (QED) is 0.748. The Labute approximate surface area is 132 Å². The summed E-state index contributed by atoms with van der Waals surface area (Å²) in [6, 6.07) is 0. The highest BCUT2D eigenvalue weighted by Gasteiger charge is 2.61. The van der Waals surface area contributed by atoms with Crippen molar-refractivity contribution in [3.63, 3.8) is 0 Å². The molecule has 120 valence electrons. The van der Waals surface area contributed by atoms with E-state index in [2.05, 4.69) is 13.8 Å². The van der Waals surface area contributed by atoms with Crippen LogP contribution in [0.1, 0.15) is 58.8 Å². The number of aliphatic hydroxyl groups is 1. The van der Waals surface area contributed by atoms with Gasteiger partial charge in [-0.3, -0.25) is 9.59 Å². The highest BCUT2D eigenvalue weighted by atomic mass is 16.3. The van der Waals surface area contributed by atoms with Crippen molar-refractivity contribution in [1.29, 1.82) is 0 Å². The van der Waals surface area contributed by atoms with E-state index in [1.807, 2.05) is 6.08 Å². The number of aliphatic hydroxyl groups excluding tert-OH is 1. The van der Waals surface area contributed by atoms with E-state index < -0.39 is 6.10 Å². The first-order valence-electron chi connectivity index (χ1n) is 8.81. The summed E-state index contributed by atoms with van der Waals surface area (Å²) in [7, 11) is 0. The maximum Gasteiger partial charge on any atom is 0.155 e. The molecule has 22 heavy (non-hydrogen) atoms. The van der Waals surface area contributed by atoms with E-state index >= 15 is 0 Å². The fourth-order valence-electron chi connectivity index (χ4n) is 6.46. The third-order valence-corrected chi connectivity index (χ3v) is 7.61. The van der Waals surface area contributed by atoms with Crippen molar-refractivity contribution >= 4 is 11.6 Å². The SMILES string of the molecule is C[C@]12CCC(=O)C=C1CC[C@@H]1C2[C@H](O)C[C@]2(C)C(=O)CCC12. The molecule has 0 amide bonds. The molecule has 0 bridgehead atoms. The predicted octanol–water partition coefficient (Wildman–Crippen LogP) is 3.06. The summed E-state index contributed by atoms with van der Waals surface area (Å²) < 4.78 is 0. The molecule has 0 aliphatic heterocycles. The van der Waals surface area contributed by atoms with Crippen molar-refractivity contribution in [2.24, 2.45) is 28.6 Å². The van der Waals surface area contributed by atoms with Gasteiger partial charge in [0.25, 0.3) is 0 Å². The van der Waals surface area contributed by atoms with Crippen LogP contribution in [0.3, 0.4) is 0 Å². The van der Waals surface area contributed by atoms with Crippen molar-refractivity contribution in [3.05, 3.63) is 11.6 Å². The van der Waals surface area contributed by atoms with Gasteiger partial charge >= 0.3 is 0 Å². The van der Waals surface area contributed by atoms with Crippen LogP contribution in [0.4, 0.5) is 0 Å². The molecular weight excluding hydrogens is 276 g/mol. The van der Waals surface area contributed by atoms with E-state index in [-0.39, 0.29) is 22.5 Å². The van der Waals surface area contributed by atoms with E-state index in [4.69, 9.17) is 0 Å². The number of carbonyl (C=O) groups excluding carboxylic acids is 2. The molecule has 2 unspecified atom stereocenters. The van der Waals surface area contributed by atoms with Crippen molar-refractivity contribution < 1.29 is 14.7 Å². The van der Waals surface area contributed by atoms with E-state index in [1.165, 1.54) is 5.57 Å². The molecule has 1 N–H and O–H groups in total. The highest BCUT2D eigenvalue weighted by Crippen LogP contribution is 2.64. The zero-order chi connectivity index (χ0) is 15.7. The molecule has 4 rings (SSSR count). The number of Topliss-reactive ketones (excluding diaryl/α,β-unsaturated/α-hetero) is 1. The van der Waals surface area contributed by atoms with E-state index in [9.17, 15) is 14.7 Å². The third kappa shape index (κ3) is 1.72. The predicted molar refractivity (Wildman–Crippen MR) is 83.1 cm³/mol. The lowest BCUT2D eigenvalue weighted by atomic mass is 9.46. The van der Waals surface area contributed by atoms with Crippen LogP contribution in [0.15, 0.2) is 11.6 Å². The largest absolute Gasteiger partial charge is 0.393 e. The van der Waals surface area contributed by atoms with Crippen LogP contribution >= 0.6 is 0 Å². The van der Waals surface area contributed by atoms with Gasteiger partial charge in [0.1, 0.15) is 5.78 Å². The lowest BCUT2D eigenvalue weighted by molar-refractivity contribution is -0.147. The first-order valence-corrected chi connectivity index (χ1v) is 8.81. The van der Waals surface area contributed by atoms with Gasteiger partial charge in [-0.1, -0.05) is 19.4 Å². The number of hydrogen-bond donors (Lipinski definition) is 1. The normalized spacial score (nSPS) is 51.0. The summed E-state index contributed by atoms with van der Waals surface area (Å²) in [6.07, 6.45) is 7.24.